The molecular weight excluding hydrogens is 192 g/mol. The van der Waals surface area contributed by atoms with Gasteiger partial charge < -0.3 is 5.11 Å². The molecule has 1 fully saturated rings. The van der Waals surface area contributed by atoms with Crippen LogP contribution in [0.4, 0.5) is 4.79 Å². The van der Waals surface area contributed by atoms with Crippen LogP contribution >= 0.6 is 0 Å². The molecule has 76 valence electrons. The number of urea groups is 1. The Morgan fingerprint density at radius 1 is 1.43 bits per heavy atom. The van der Waals surface area contributed by atoms with E-state index < -0.39 is 30.2 Å². The number of carbonyl (C=O) groups is 4. The van der Waals surface area contributed by atoms with E-state index in [9.17, 15) is 19.2 Å². The third-order valence-corrected chi connectivity index (χ3v) is 1.65. The van der Waals surface area contributed by atoms with Crippen LogP contribution in [0.1, 0.15) is 12.8 Å². The smallest absolute Gasteiger partial charge is 0.330 e. The molecule has 2 N–H and O–H groups in total. The van der Waals surface area contributed by atoms with E-state index >= 15 is 0 Å². The molecule has 0 aromatic heterocycles. The number of nitrogens with one attached hydrogen (secondary N) is 1. The molecule has 0 unspecified atom stereocenters. The van der Waals surface area contributed by atoms with Crippen LogP contribution in [0.25, 0.3) is 0 Å². The molecular formula is C7H8N2O5. The van der Waals surface area contributed by atoms with Gasteiger partial charge in [0.05, 0.1) is 6.42 Å². The van der Waals surface area contributed by atoms with Crippen LogP contribution in [0.15, 0.2) is 0 Å². The summed E-state index contributed by atoms with van der Waals surface area (Å²) in [7, 11) is 0. The summed E-state index contributed by atoms with van der Waals surface area (Å²) in [4.78, 5) is 43.7. The van der Waals surface area contributed by atoms with Crippen molar-refractivity contribution in [2.75, 3.05) is 6.54 Å². The summed E-state index contributed by atoms with van der Waals surface area (Å²) in [6, 6.07) is -0.854. The van der Waals surface area contributed by atoms with Gasteiger partial charge in [0.1, 0.15) is 6.42 Å². The number of rotatable bonds is 3. The third-order valence-electron chi connectivity index (χ3n) is 1.65. The number of carboxylic acids is 1. The lowest BCUT2D eigenvalue weighted by Gasteiger charge is -2.23. The SMILES string of the molecule is O=C(O)CCN1C(=O)CC(=O)NC1=O. The molecule has 0 radical (unpaired) electrons. The van der Waals surface area contributed by atoms with Crippen LogP contribution in [-0.4, -0.2) is 40.4 Å². The zero-order valence-electron chi connectivity index (χ0n) is 7.15. The van der Waals surface area contributed by atoms with Crippen molar-refractivity contribution in [1.29, 1.82) is 0 Å². The Morgan fingerprint density at radius 2 is 2.07 bits per heavy atom. The first-order valence-corrected chi connectivity index (χ1v) is 3.86. The highest BCUT2D eigenvalue weighted by Gasteiger charge is 2.30. The van der Waals surface area contributed by atoms with Crippen molar-refractivity contribution in [2.45, 2.75) is 12.8 Å². The molecule has 7 heteroatoms. The standard InChI is InChI=1S/C7H8N2O5/c10-4-3-5(11)9(7(14)8-4)2-1-6(12)13/h1-3H2,(H,12,13)(H,8,10,14). The van der Waals surface area contributed by atoms with Gasteiger partial charge in [-0.2, -0.15) is 0 Å². The highest BCUT2D eigenvalue weighted by atomic mass is 16.4. The fourth-order valence-electron chi connectivity index (χ4n) is 1.01. The summed E-state index contributed by atoms with van der Waals surface area (Å²) in [6.45, 7) is -0.215. The molecule has 0 saturated carbocycles. The molecule has 0 aromatic rings. The van der Waals surface area contributed by atoms with Gasteiger partial charge in [-0.15, -0.1) is 0 Å². The van der Waals surface area contributed by atoms with Gasteiger partial charge in [0.25, 0.3) is 0 Å². The monoisotopic (exact) mass is 200 g/mol. The largest absolute Gasteiger partial charge is 0.481 e. The Labute approximate surface area is 78.7 Å². The van der Waals surface area contributed by atoms with Crippen molar-refractivity contribution >= 4 is 23.8 Å². The molecule has 0 aliphatic carbocycles. The third kappa shape index (κ3) is 2.28. The minimum absolute atomic E-state index is 0.215. The van der Waals surface area contributed by atoms with Gasteiger partial charge in [0, 0.05) is 6.54 Å². The van der Waals surface area contributed by atoms with Crippen molar-refractivity contribution < 1.29 is 24.3 Å². The predicted molar refractivity (Wildman–Crippen MR) is 42.1 cm³/mol. The Bertz CT molecular complexity index is 291. The van der Waals surface area contributed by atoms with Crippen molar-refractivity contribution in [3.63, 3.8) is 0 Å². The van der Waals surface area contributed by atoms with Crippen molar-refractivity contribution in [3.8, 4) is 0 Å². The lowest BCUT2D eigenvalue weighted by Crippen LogP contribution is -2.53. The average molecular weight is 200 g/mol. The zero-order valence-corrected chi connectivity index (χ0v) is 7.15. The number of nitrogens with zero attached hydrogens (tertiary/aromatic N) is 1. The van der Waals surface area contributed by atoms with E-state index in [1.54, 1.807) is 0 Å². The van der Waals surface area contributed by atoms with Crippen molar-refractivity contribution in [1.82, 2.24) is 10.2 Å². The minimum atomic E-state index is -1.11. The van der Waals surface area contributed by atoms with Gasteiger partial charge in [-0.1, -0.05) is 0 Å². The molecule has 0 spiro atoms. The number of carboxylic acid groups (broad SMARTS) is 1. The molecule has 7 nitrogen and oxygen atoms in total. The van der Waals surface area contributed by atoms with Gasteiger partial charge in [-0.25, -0.2) is 4.79 Å². The molecule has 1 rings (SSSR count). The lowest BCUT2D eigenvalue weighted by atomic mass is 10.2. The summed E-state index contributed by atoms with van der Waals surface area (Å²) in [6.07, 6.45) is -0.737. The lowest BCUT2D eigenvalue weighted by molar-refractivity contribution is -0.138. The van der Waals surface area contributed by atoms with Crippen LogP contribution in [0.2, 0.25) is 0 Å². The maximum Gasteiger partial charge on any atom is 0.330 e. The molecule has 0 atom stereocenters. The van der Waals surface area contributed by atoms with E-state index in [4.69, 9.17) is 5.11 Å². The summed E-state index contributed by atoms with van der Waals surface area (Å²) >= 11 is 0. The van der Waals surface area contributed by atoms with Crippen LogP contribution in [0.5, 0.6) is 0 Å². The molecule has 1 aliphatic heterocycles. The maximum absolute atomic E-state index is 11.1. The average Bonchev–Trinajstić information content (AvgIpc) is 2.01. The molecule has 1 aliphatic rings. The number of barbiturate groups is 1. The minimum Gasteiger partial charge on any atom is -0.481 e. The van der Waals surface area contributed by atoms with Crippen molar-refractivity contribution in [3.05, 3.63) is 0 Å². The molecule has 0 aromatic carbocycles. The van der Waals surface area contributed by atoms with Crippen LogP contribution in [0.3, 0.4) is 0 Å². The molecule has 1 saturated heterocycles. The molecule has 1 heterocycles. The van der Waals surface area contributed by atoms with Gasteiger partial charge in [-0.3, -0.25) is 24.6 Å². The van der Waals surface area contributed by atoms with Gasteiger partial charge in [0.15, 0.2) is 0 Å². The Hall–Kier alpha value is -1.92. The summed E-state index contributed by atoms with van der Waals surface area (Å²) in [5, 5.41) is 10.2. The van der Waals surface area contributed by atoms with Crippen LogP contribution in [0, 0.1) is 0 Å². The summed E-state index contributed by atoms with van der Waals surface area (Å²) in [5.74, 6) is -2.44. The quantitative estimate of drug-likeness (QED) is 0.564. The van der Waals surface area contributed by atoms with E-state index in [0.717, 1.165) is 4.90 Å². The van der Waals surface area contributed by atoms with Crippen LogP contribution in [-0.2, 0) is 14.4 Å². The van der Waals surface area contributed by atoms with E-state index in [0.29, 0.717) is 0 Å². The number of hydrogen-bond donors (Lipinski definition) is 2. The van der Waals surface area contributed by atoms with Gasteiger partial charge >= 0.3 is 12.0 Å². The number of hydrogen-bond acceptors (Lipinski definition) is 4. The fraction of sp³-hybridized carbons (Fsp3) is 0.429. The van der Waals surface area contributed by atoms with E-state index in [2.05, 4.69) is 0 Å². The molecule has 0 bridgehead atoms. The van der Waals surface area contributed by atoms with Gasteiger partial charge in [0.2, 0.25) is 11.8 Å². The summed E-state index contributed by atoms with van der Waals surface area (Å²) < 4.78 is 0. The van der Waals surface area contributed by atoms with E-state index in [1.165, 1.54) is 0 Å². The second-order valence-electron chi connectivity index (χ2n) is 2.72. The molecule has 14 heavy (non-hydrogen) atoms. The number of aliphatic carboxylic acids is 1. The number of carbonyl (C=O) groups excluding carboxylic acids is 3. The fourth-order valence-corrected chi connectivity index (χ4v) is 1.01. The normalized spacial score (nSPS) is 16.9. The Morgan fingerprint density at radius 3 is 2.57 bits per heavy atom. The van der Waals surface area contributed by atoms with Crippen molar-refractivity contribution in [2.24, 2.45) is 0 Å². The van der Waals surface area contributed by atoms with E-state index in [-0.39, 0.29) is 13.0 Å². The first kappa shape index (κ1) is 10.2. The highest BCUT2D eigenvalue weighted by molar-refractivity contribution is 6.14. The number of imide groups is 2. The highest BCUT2D eigenvalue weighted by Crippen LogP contribution is 2.03. The number of amides is 4. The maximum atomic E-state index is 11.1. The summed E-state index contributed by atoms with van der Waals surface area (Å²) in [5.41, 5.74) is 0. The van der Waals surface area contributed by atoms with E-state index in [1.807, 2.05) is 5.32 Å². The Kier molecular flexibility index (Phi) is 2.80. The topological polar surface area (TPSA) is 104 Å². The van der Waals surface area contributed by atoms with Crippen LogP contribution < -0.4 is 5.32 Å². The first-order chi connectivity index (χ1) is 6.50. The predicted octanol–water partition coefficient (Wildman–Crippen LogP) is -1.07. The van der Waals surface area contributed by atoms with Gasteiger partial charge in [-0.05, 0) is 0 Å². The Balaban J connectivity index is 2.59. The second kappa shape index (κ2) is 3.86. The second-order valence-corrected chi connectivity index (χ2v) is 2.72. The molecule has 4 amide bonds. The first-order valence-electron chi connectivity index (χ1n) is 3.86. The zero-order chi connectivity index (χ0) is 10.7.